The van der Waals surface area contributed by atoms with Crippen molar-refractivity contribution in [2.45, 2.75) is 19.5 Å². The van der Waals surface area contributed by atoms with Crippen molar-refractivity contribution in [2.24, 2.45) is 7.05 Å². The van der Waals surface area contributed by atoms with Gasteiger partial charge < -0.3 is 18.9 Å². The minimum Gasteiger partial charge on any atom is -0.497 e. The van der Waals surface area contributed by atoms with Gasteiger partial charge in [0, 0.05) is 31.2 Å². The Kier molecular flexibility index (Phi) is 5.57. The van der Waals surface area contributed by atoms with Crippen molar-refractivity contribution >= 4 is 34.4 Å². The van der Waals surface area contributed by atoms with Crippen LogP contribution in [0.4, 0.5) is 11.6 Å². The maximum absolute atomic E-state index is 13.6. The molecular formula is C24H24ClN5O4. The van der Waals surface area contributed by atoms with Gasteiger partial charge in [0.15, 0.2) is 11.2 Å². The maximum Gasteiger partial charge on any atom is 0.332 e. The third kappa shape index (κ3) is 3.52. The number of ether oxygens (including phenoxy) is 2. The van der Waals surface area contributed by atoms with Gasteiger partial charge >= 0.3 is 5.69 Å². The second kappa shape index (κ2) is 8.57. The van der Waals surface area contributed by atoms with Crippen molar-refractivity contribution in [1.82, 2.24) is 18.7 Å². The molecule has 0 N–H and O–H groups in total. The first kappa shape index (κ1) is 22.1. The number of rotatable bonds is 5. The standard InChI is InChI=1S/C24H24ClN5O4/c1-27-21-20(22(31)30(24(27)32)14-15-5-7-16(25)8-6-15)29-12-4-11-28(23(29)26-21)18-10-9-17(33-2)13-19(18)34-3/h5-10,13H,4,11-12,14H2,1-3H3. The molecule has 0 bridgehead atoms. The van der Waals surface area contributed by atoms with Gasteiger partial charge in [-0.05, 0) is 36.2 Å². The largest absolute Gasteiger partial charge is 0.497 e. The zero-order chi connectivity index (χ0) is 24.0. The molecule has 0 atom stereocenters. The first-order chi connectivity index (χ1) is 16.4. The highest BCUT2D eigenvalue weighted by molar-refractivity contribution is 6.30. The number of halogens is 1. The van der Waals surface area contributed by atoms with Crippen molar-refractivity contribution in [3.8, 4) is 11.5 Å². The fourth-order valence-electron chi connectivity index (χ4n) is 4.41. The monoisotopic (exact) mass is 481 g/mol. The van der Waals surface area contributed by atoms with E-state index in [1.807, 2.05) is 39.8 Å². The minimum absolute atomic E-state index is 0.148. The van der Waals surface area contributed by atoms with Crippen molar-refractivity contribution in [1.29, 1.82) is 0 Å². The highest BCUT2D eigenvalue weighted by Gasteiger charge is 2.28. The summed E-state index contributed by atoms with van der Waals surface area (Å²) >= 11 is 5.98. The zero-order valence-electron chi connectivity index (χ0n) is 19.1. The fourth-order valence-corrected chi connectivity index (χ4v) is 4.54. The van der Waals surface area contributed by atoms with E-state index in [2.05, 4.69) is 0 Å². The van der Waals surface area contributed by atoms with Crippen LogP contribution in [0.2, 0.25) is 5.02 Å². The molecule has 176 valence electrons. The zero-order valence-corrected chi connectivity index (χ0v) is 19.9. The number of benzene rings is 2. The molecule has 5 rings (SSSR count). The average Bonchev–Trinajstić information content (AvgIpc) is 3.26. The normalized spacial score (nSPS) is 13.2. The third-order valence-corrected chi connectivity index (χ3v) is 6.40. The number of anilines is 2. The Morgan fingerprint density at radius 3 is 2.50 bits per heavy atom. The number of methoxy groups -OCH3 is 2. The van der Waals surface area contributed by atoms with Gasteiger partial charge in [-0.2, -0.15) is 4.98 Å². The molecule has 0 fully saturated rings. The summed E-state index contributed by atoms with van der Waals surface area (Å²) in [5.41, 5.74) is 1.60. The molecule has 0 saturated carbocycles. The Morgan fingerprint density at radius 2 is 1.79 bits per heavy atom. The molecule has 0 unspecified atom stereocenters. The van der Waals surface area contributed by atoms with Gasteiger partial charge in [0.1, 0.15) is 11.5 Å². The van der Waals surface area contributed by atoms with Crippen molar-refractivity contribution in [3.63, 3.8) is 0 Å². The van der Waals surface area contributed by atoms with E-state index in [4.69, 9.17) is 26.1 Å². The number of hydrogen-bond donors (Lipinski definition) is 0. The summed E-state index contributed by atoms with van der Waals surface area (Å²) < 4.78 is 15.5. The number of imidazole rings is 1. The third-order valence-electron chi connectivity index (χ3n) is 6.15. The van der Waals surface area contributed by atoms with Crippen LogP contribution < -0.4 is 25.6 Å². The van der Waals surface area contributed by atoms with E-state index in [-0.39, 0.29) is 12.1 Å². The van der Waals surface area contributed by atoms with Crippen molar-refractivity contribution in [2.75, 3.05) is 25.7 Å². The van der Waals surface area contributed by atoms with E-state index in [1.165, 1.54) is 9.13 Å². The van der Waals surface area contributed by atoms with Crippen LogP contribution in [0.5, 0.6) is 11.5 Å². The van der Waals surface area contributed by atoms with Crippen molar-refractivity contribution < 1.29 is 9.47 Å². The van der Waals surface area contributed by atoms with Gasteiger partial charge in [-0.25, -0.2) is 4.79 Å². The molecule has 1 aliphatic rings. The number of hydrogen-bond acceptors (Lipinski definition) is 6. The highest BCUT2D eigenvalue weighted by atomic mass is 35.5. The molecule has 4 aromatic rings. The molecule has 0 spiro atoms. The summed E-state index contributed by atoms with van der Waals surface area (Å²) in [6.07, 6.45) is 0.799. The van der Waals surface area contributed by atoms with Gasteiger partial charge in [-0.15, -0.1) is 0 Å². The SMILES string of the molecule is COc1ccc(N2CCCn3c2nc2c3c(=O)n(Cc3ccc(Cl)cc3)c(=O)n2C)c(OC)c1. The summed E-state index contributed by atoms with van der Waals surface area (Å²) in [7, 11) is 4.84. The molecule has 1 aliphatic heterocycles. The van der Waals surface area contributed by atoms with Gasteiger partial charge in [-0.1, -0.05) is 23.7 Å². The predicted molar refractivity (Wildman–Crippen MR) is 131 cm³/mol. The van der Waals surface area contributed by atoms with Gasteiger partial charge in [0.25, 0.3) is 5.56 Å². The Bertz CT molecular complexity index is 1500. The molecule has 0 radical (unpaired) electrons. The summed E-state index contributed by atoms with van der Waals surface area (Å²) in [5, 5.41) is 0.596. The number of aromatic nitrogens is 4. The average molecular weight is 482 g/mol. The van der Waals surface area contributed by atoms with Crippen LogP contribution >= 0.6 is 11.6 Å². The van der Waals surface area contributed by atoms with E-state index in [0.29, 0.717) is 46.7 Å². The van der Waals surface area contributed by atoms with E-state index >= 15 is 0 Å². The van der Waals surface area contributed by atoms with Crippen molar-refractivity contribution in [3.05, 3.63) is 73.9 Å². The smallest absolute Gasteiger partial charge is 0.332 e. The molecule has 10 heteroatoms. The minimum atomic E-state index is -0.420. The second-order valence-corrected chi connectivity index (χ2v) is 8.57. The molecule has 0 saturated heterocycles. The molecule has 0 aliphatic carbocycles. The lowest BCUT2D eigenvalue weighted by molar-refractivity contribution is 0.394. The quantitative estimate of drug-likeness (QED) is 0.435. The molecule has 2 aromatic heterocycles. The Balaban J connectivity index is 1.68. The molecule has 3 heterocycles. The molecule has 0 amide bonds. The van der Waals surface area contributed by atoms with Crippen LogP contribution in [0.25, 0.3) is 11.2 Å². The van der Waals surface area contributed by atoms with Crippen LogP contribution in [0.3, 0.4) is 0 Å². The molecule has 2 aromatic carbocycles. The van der Waals surface area contributed by atoms with Crippen LogP contribution in [-0.2, 0) is 20.1 Å². The van der Waals surface area contributed by atoms with E-state index in [1.54, 1.807) is 33.4 Å². The van der Waals surface area contributed by atoms with Crippen LogP contribution in [-0.4, -0.2) is 39.4 Å². The molecule has 34 heavy (non-hydrogen) atoms. The van der Waals surface area contributed by atoms with Crippen LogP contribution in [0.15, 0.2) is 52.1 Å². The van der Waals surface area contributed by atoms with Crippen LogP contribution in [0.1, 0.15) is 12.0 Å². The first-order valence-electron chi connectivity index (χ1n) is 10.9. The second-order valence-electron chi connectivity index (χ2n) is 8.14. The number of nitrogens with zero attached hydrogens (tertiary/aromatic N) is 5. The lowest BCUT2D eigenvalue weighted by Gasteiger charge is -2.30. The van der Waals surface area contributed by atoms with Crippen LogP contribution in [0, 0.1) is 0 Å². The highest BCUT2D eigenvalue weighted by Crippen LogP contribution is 2.38. The number of aryl methyl sites for hydroxylation is 2. The summed E-state index contributed by atoms with van der Waals surface area (Å²) in [5.74, 6) is 1.91. The fraction of sp³-hybridized carbons (Fsp3) is 0.292. The molecular weight excluding hydrogens is 458 g/mol. The first-order valence-corrected chi connectivity index (χ1v) is 11.2. The molecule has 9 nitrogen and oxygen atoms in total. The van der Waals surface area contributed by atoms with E-state index in [9.17, 15) is 9.59 Å². The summed E-state index contributed by atoms with van der Waals surface area (Å²) in [6, 6.07) is 12.7. The summed E-state index contributed by atoms with van der Waals surface area (Å²) in [4.78, 5) is 33.4. The predicted octanol–water partition coefficient (Wildman–Crippen LogP) is 3.16. The topological polar surface area (TPSA) is 83.5 Å². The lowest BCUT2D eigenvalue weighted by Crippen LogP contribution is -2.40. The Labute approximate surface area is 200 Å². The van der Waals surface area contributed by atoms with E-state index < -0.39 is 5.69 Å². The Hall–Kier alpha value is -3.72. The number of fused-ring (bicyclic) bond motifs is 3. The lowest BCUT2D eigenvalue weighted by atomic mass is 10.2. The maximum atomic E-state index is 13.6. The summed E-state index contributed by atoms with van der Waals surface area (Å²) in [6.45, 7) is 1.46. The van der Waals surface area contributed by atoms with E-state index in [0.717, 1.165) is 17.7 Å². The van der Waals surface area contributed by atoms with Gasteiger partial charge in [-0.3, -0.25) is 13.9 Å². The van der Waals surface area contributed by atoms with Gasteiger partial charge in [0.2, 0.25) is 5.95 Å². The van der Waals surface area contributed by atoms with Gasteiger partial charge in [0.05, 0.1) is 26.5 Å². The Morgan fingerprint density at radius 1 is 1.03 bits per heavy atom.